The van der Waals surface area contributed by atoms with E-state index in [0.29, 0.717) is 0 Å². The number of aromatic nitrogens is 5. The Morgan fingerprint density at radius 3 is 2.62 bits per heavy atom. The third-order valence-electron chi connectivity index (χ3n) is 4.95. The maximum Gasteiger partial charge on any atom is 0.234 e. The molecule has 0 radical (unpaired) electrons. The van der Waals surface area contributed by atoms with Gasteiger partial charge in [-0.15, -0.1) is 0 Å². The highest BCUT2D eigenvalue weighted by Gasteiger charge is 2.14. The molecule has 0 aliphatic heterocycles. The van der Waals surface area contributed by atoms with E-state index in [1.807, 2.05) is 17.4 Å². The van der Waals surface area contributed by atoms with Crippen molar-refractivity contribution >= 4 is 28.6 Å². The van der Waals surface area contributed by atoms with Crippen molar-refractivity contribution in [1.29, 1.82) is 0 Å². The van der Waals surface area contributed by atoms with Crippen LogP contribution in [0.1, 0.15) is 22.6 Å². The lowest BCUT2D eigenvalue weighted by Crippen LogP contribution is -1.97. The monoisotopic (exact) mass is 399 g/mol. The molecule has 2 aromatic carbocycles. The standard InChI is InChI=1S/C23H21N5S/c1-15-7-6-8-19(11-15)28-21-10-5-4-9-20(21)26-23(28)29-14-18-13-27-17(3)12-16(2)24-22(27)25-18/h4-13H,14H2,1-3H3. The summed E-state index contributed by atoms with van der Waals surface area (Å²) in [5.74, 6) is 1.49. The van der Waals surface area contributed by atoms with Crippen molar-refractivity contribution in [3.05, 3.63) is 83.4 Å². The molecule has 3 heterocycles. The Morgan fingerprint density at radius 2 is 1.76 bits per heavy atom. The number of para-hydroxylation sites is 2. The zero-order valence-corrected chi connectivity index (χ0v) is 17.4. The van der Waals surface area contributed by atoms with Crippen LogP contribution in [0, 0.1) is 20.8 Å². The average molecular weight is 400 g/mol. The summed E-state index contributed by atoms with van der Waals surface area (Å²) >= 11 is 1.70. The molecule has 5 nitrogen and oxygen atoms in total. The molecule has 0 bridgehead atoms. The quantitative estimate of drug-likeness (QED) is 0.386. The van der Waals surface area contributed by atoms with Gasteiger partial charge >= 0.3 is 0 Å². The molecule has 144 valence electrons. The van der Waals surface area contributed by atoms with Crippen LogP contribution < -0.4 is 0 Å². The van der Waals surface area contributed by atoms with Crippen LogP contribution in [0.5, 0.6) is 0 Å². The predicted octanol–water partition coefficient (Wildman–Crippen LogP) is 5.29. The van der Waals surface area contributed by atoms with Crippen molar-refractivity contribution in [2.24, 2.45) is 0 Å². The van der Waals surface area contributed by atoms with Crippen molar-refractivity contribution in [1.82, 2.24) is 23.9 Å². The van der Waals surface area contributed by atoms with Gasteiger partial charge in [-0.05, 0) is 56.7 Å². The van der Waals surface area contributed by atoms with Crippen molar-refractivity contribution in [3.8, 4) is 5.69 Å². The first-order valence-electron chi connectivity index (χ1n) is 9.58. The maximum absolute atomic E-state index is 4.90. The molecular weight excluding hydrogens is 378 g/mol. The average Bonchev–Trinajstić information content (AvgIpc) is 3.27. The highest BCUT2D eigenvalue weighted by molar-refractivity contribution is 7.98. The fourth-order valence-corrected chi connectivity index (χ4v) is 4.56. The summed E-state index contributed by atoms with van der Waals surface area (Å²) in [6, 6.07) is 18.9. The molecule has 0 unspecified atom stereocenters. The number of rotatable bonds is 4. The molecule has 0 saturated heterocycles. The van der Waals surface area contributed by atoms with Crippen LogP contribution in [0.25, 0.3) is 22.5 Å². The van der Waals surface area contributed by atoms with Crippen LogP contribution in [0.4, 0.5) is 0 Å². The fourth-order valence-electron chi connectivity index (χ4n) is 3.64. The van der Waals surface area contributed by atoms with Gasteiger partial charge in [0.25, 0.3) is 0 Å². The number of benzene rings is 2. The van der Waals surface area contributed by atoms with Crippen molar-refractivity contribution in [2.45, 2.75) is 31.7 Å². The number of imidazole rings is 2. The topological polar surface area (TPSA) is 48.0 Å². The van der Waals surface area contributed by atoms with E-state index in [0.717, 1.165) is 50.5 Å². The molecule has 0 amide bonds. The highest BCUT2D eigenvalue weighted by atomic mass is 32.2. The van der Waals surface area contributed by atoms with Gasteiger partial charge in [0.05, 0.1) is 16.7 Å². The third-order valence-corrected chi connectivity index (χ3v) is 5.92. The van der Waals surface area contributed by atoms with E-state index >= 15 is 0 Å². The molecule has 0 atom stereocenters. The van der Waals surface area contributed by atoms with Gasteiger partial charge in [-0.25, -0.2) is 15.0 Å². The van der Waals surface area contributed by atoms with E-state index in [-0.39, 0.29) is 0 Å². The zero-order chi connectivity index (χ0) is 20.0. The van der Waals surface area contributed by atoms with E-state index in [2.05, 4.69) is 78.1 Å². The van der Waals surface area contributed by atoms with Gasteiger partial charge in [-0.1, -0.05) is 36.0 Å². The first-order valence-corrected chi connectivity index (χ1v) is 10.6. The predicted molar refractivity (Wildman–Crippen MR) is 118 cm³/mol. The summed E-state index contributed by atoms with van der Waals surface area (Å²) in [6.07, 6.45) is 2.07. The lowest BCUT2D eigenvalue weighted by Gasteiger charge is -2.09. The van der Waals surface area contributed by atoms with Crippen LogP contribution in [0.3, 0.4) is 0 Å². The molecule has 0 saturated carbocycles. The minimum absolute atomic E-state index is 0.733. The molecule has 6 heteroatoms. The van der Waals surface area contributed by atoms with Gasteiger partial charge in [0, 0.05) is 29.0 Å². The fraction of sp³-hybridized carbons (Fsp3) is 0.174. The number of aryl methyl sites for hydroxylation is 3. The molecule has 5 rings (SSSR count). The molecule has 0 N–H and O–H groups in total. The van der Waals surface area contributed by atoms with E-state index in [1.165, 1.54) is 5.56 Å². The van der Waals surface area contributed by atoms with Crippen LogP contribution in [0.2, 0.25) is 0 Å². The van der Waals surface area contributed by atoms with Gasteiger partial charge in [0.1, 0.15) is 0 Å². The second-order valence-electron chi connectivity index (χ2n) is 7.29. The number of fused-ring (bicyclic) bond motifs is 2. The Bertz CT molecular complexity index is 1350. The van der Waals surface area contributed by atoms with Gasteiger partial charge < -0.3 is 0 Å². The second kappa shape index (κ2) is 7.04. The van der Waals surface area contributed by atoms with Gasteiger partial charge in [0.15, 0.2) is 5.16 Å². The van der Waals surface area contributed by atoms with Crippen LogP contribution in [0.15, 0.2) is 66.0 Å². The Labute approximate surface area is 173 Å². The minimum atomic E-state index is 0.733. The van der Waals surface area contributed by atoms with Gasteiger partial charge in [0.2, 0.25) is 5.78 Å². The summed E-state index contributed by atoms with van der Waals surface area (Å²) in [5, 5.41) is 0.967. The van der Waals surface area contributed by atoms with Crippen LogP contribution >= 0.6 is 11.8 Å². The molecule has 0 fully saturated rings. The number of hydrogen-bond donors (Lipinski definition) is 0. The van der Waals surface area contributed by atoms with Crippen molar-refractivity contribution in [3.63, 3.8) is 0 Å². The Morgan fingerprint density at radius 1 is 0.897 bits per heavy atom. The Balaban J connectivity index is 1.54. The normalized spacial score (nSPS) is 11.6. The smallest absolute Gasteiger partial charge is 0.234 e. The van der Waals surface area contributed by atoms with E-state index in [9.17, 15) is 0 Å². The lowest BCUT2D eigenvalue weighted by molar-refractivity contribution is 0.917. The minimum Gasteiger partial charge on any atom is -0.288 e. The lowest BCUT2D eigenvalue weighted by atomic mass is 10.2. The first-order chi connectivity index (χ1) is 14.1. The van der Waals surface area contributed by atoms with Crippen molar-refractivity contribution < 1.29 is 0 Å². The van der Waals surface area contributed by atoms with Gasteiger partial charge in [-0.2, -0.15) is 0 Å². The Hall–Kier alpha value is -3.12. The molecule has 3 aromatic heterocycles. The summed E-state index contributed by atoms with van der Waals surface area (Å²) in [5.41, 5.74) is 7.60. The van der Waals surface area contributed by atoms with Crippen molar-refractivity contribution in [2.75, 3.05) is 0 Å². The molecule has 0 aliphatic carbocycles. The highest BCUT2D eigenvalue weighted by Crippen LogP contribution is 2.30. The third kappa shape index (κ3) is 3.29. The zero-order valence-electron chi connectivity index (χ0n) is 16.6. The Kier molecular flexibility index (Phi) is 4.36. The molecular formula is C23H21N5S. The van der Waals surface area contributed by atoms with E-state index in [4.69, 9.17) is 9.97 Å². The maximum atomic E-state index is 4.90. The summed E-state index contributed by atoms with van der Waals surface area (Å²) < 4.78 is 4.28. The number of hydrogen-bond acceptors (Lipinski definition) is 4. The first kappa shape index (κ1) is 17.9. The second-order valence-corrected chi connectivity index (χ2v) is 8.23. The van der Waals surface area contributed by atoms with Gasteiger partial charge in [-0.3, -0.25) is 8.97 Å². The summed E-state index contributed by atoms with van der Waals surface area (Å²) in [7, 11) is 0. The largest absolute Gasteiger partial charge is 0.288 e. The van der Waals surface area contributed by atoms with E-state index < -0.39 is 0 Å². The van der Waals surface area contributed by atoms with Crippen LogP contribution in [-0.2, 0) is 5.75 Å². The van der Waals surface area contributed by atoms with Crippen LogP contribution in [-0.4, -0.2) is 23.9 Å². The molecule has 5 aromatic rings. The molecule has 29 heavy (non-hydrogen) atoms. The summed E-state index contributed by atoms with van der Waals surface area (Å²) in [4.78, 5) is 14.2. The molecule has 0 spiro atoms. The SMILES string of the molecule is Cc1cccc(-n2c(SCc3cn4c(C)cc(C)nc4n3)nc3ccccc32)c1. The molecule has 0 aliphatic rings. The number of thioether (sulfide) groups is 1. The van der Waals surface area contributed by atoms with E-state index in [1.54, 1.807) is 11.8 Å². The summed E-state index contributed by atoms with van der Waals surface area (Å²) in [6.45, 7) is 6.20. The number of nitrogens with zero attached hydrogens (tertiary/aromatic N) is 5.